The molecule has 0 spiro atoms. The number of rotatable bonds is 8. The Bertz CT molecular complexity index is 1420. The summed E-state index contributed by atoms with van der Waals surface area (Å²) >= 11 is 0. The molecule has 3 aromatic rings. The third-order valence-electron chi connectivity index (χ3n) is 4.87. The topological polar surface area (TPSA) is 169 Å². The summed E-state index contributed by atoms with van der Waals surface area (Å²) in [4.78, 5) is 38.3. The first-order chi connectivity index (χ1) is 17.3. The lowest BCUT2D eigenvalue weighted by atomic mass is 10.1. The van der Waals surface area contributed by atoms with Gasteiger partial charge >= 0.3 is 13.8 Å². The molecule has 0 aliphatic carbocycles. The second-order valence-electron chi connectivity index (χ2n) is 7.51. The number of amides is 1. The van der Waals surface area contributed by atoms with Gasteiger partial charge in [-0.1, -0.05) is 6.07 Å². The van der Waals surface area contributed by atoms with Crippen molar-refractivity contribution in [3.05, 3.63) is 64.8 Å². The van der Waals surface area contributed by atoms with E-state index in [1.165, 1.54) is 50.6 Å². The molecule has 0 aliphatic heterocycles. The molecule has 37 heavy (non-hydrogen) atoms. The largest absolute Gasteiger partial charge is 0.495 e. The summed E-state index contributed by atoms with van der Waals surface area (Å²) in [7, 11) is -1.71. The molecule has 0 radical (unpaired) electrons. The Morgan fingerprint density at radius 3 is 2.46 bits per heavy atom. The standard InChI is InChI=1S/C22H20F3N6O5P/c1-27-20(32)14-7-12(9-26)3-5-16(14)29-19-15(22(23,24)25)10-28-21(31-19)30-17-6-4-13(8-18(17)36-2)11-37(33,34)35/h3-8,10H,11H2,1-2H3,(H,27,32)(H2,33,34,35)(H2,28,29,30,31). The number of aromatic nitrogens is 2. The van der Waals surface area contributed by atoms with Crippen LogP contribution in [0.4, 0.5) is 36.3 Å². The van der Waals surface area contributed by atoms with Crippen LogP contribution in [0.3, 0.4) is 0 Å². The van der Waals surface area contributed by atoms with Crippen molar-refractivity contribution in [2.45, 2.75) is 12.3 Å². The molecule has 5 N–H and O–H groups in total. The maximum Gasteiger partial charge on any atom is 0.421 e. The monoisotopic (exact) mass is 536 g/mol. The highest BCUT2D eigenvalue weighted by Crippen LogP contribution is 2.41. The molecule has 0 bridgehead atoms. The lowest BCUT2D eigenvalue weighted by molar-refractivity contribution is -0.137. The number of carbonyl (C=O) groups is 1. The summed E-state index contributed by atoms with van der Waals surface area (Å²) in [6.45, 7) is 0. The van der Waals surface area contributed by atoms with Crippen LogP contribution in [0.2, 0.25) is 0 Å². The second kappa shape index (κ2) is 10.8. The zero-order valence-corrected chi connectivity index (χ0v) is 20.2. The van der Waals surface area contributed by atoms with Crippen LogP contribution in [0.25, 0.3) is 0 Å². The van der Waals surface area contributed by atoms with Gasteiger partial charge < -0.3 is 30.5 Å². The summed E-state index contributed by atoms with van der Waals surface area (Å²) in [5.41, 5.74) is -0.715. The Hall–Kier alpha value is -4.18. The number of nitriles is 1. The Labute approximate surface area is 208 Å². The van der Waals surface area contributed by atoms with Crippen LogP contribution in [0.1, 0.15) is 27.0 Å². The first-order valence-electron chi connectivity index (χ1n) is 10.3. The predicted molar refractivity (Wildman–Crippen MR) is 127 cm³/mol. The molecule has 0 fully saturated rings. The molecule has 0 saturated heterocycles. The van der Waals surface area contributed by atoms with Crippen molar-refractivity contribution in [2.75, 3.05) is 24.8 Å². The number of nitrogens with zero attached hydrogens (tertiary/aromatic N) is 3. The van der Waals surface area contributed by atoms with E-state index in [9.17, 15) is 32.3 Å². The molecule has 194 valence electrons. The van der Waals surface area contributed by atoms with Crippen LogP contribution in [-0.2, 0) is 16.9 Å². The van der Waals surface area contributed by atoms with Gasteiger partial charge in [0.05, 0.1) is 41.8 Å². The smallest absolute Gasteiger partial charge is 0.421 e. The van der Waals surface area contributed by atoms with Crippen LogP contribution >= 0.6 is 7.60 Å². The average Bonchev–Trinajstić information content (AvgIpc) is 2.83. The first-order valence-corrected chi connectivity index (χ1v) is 12.1. The molecular weight excluding hydrogens is 516 g/mol. The molecule has 0 aliphatic rings. The van der Waals surface area contributed by atoms with E-state index < -0.39 is 37.2 Å². The van der Waals surface area contributed by atoms with Crippen molar-refractivity contribution in [1.29, 1.82) is 5.26 Å². The van der Waals surface area contributed by atoms with Crippen LogP contribution in [-0.4, -0.2) is 39.8 Å². The van der Waals surface area contributed by atoms with Gasteiger partial charge in [0, 0.05) is 13.2 Å². The van der Waals surface area contributed by atoms with Gasteiger partial charge in [-0.15, -0.1) is 0 Å². The van der Waals surface area contributed by atoms with Crippen molar-refractivity contribution in [3.63, 3.8) is 0 Å². The Kier molecular flexibility index (Phi) is 8.03. The molecule has 11 nitrogen and oxygen atoms in total. The zero-order chi connectivity index (χ0) is 27.4. The van der Waals surface area contributed by atoms with E-state index >= 15 is 0 Å². The Balaban J connectivity index is 2.02. The molecule has 0 unspecified atom stereocenters. The highest BCUT2D eigenvalue weighted by molar-refractivity contribution is 7.50. The minimum atomic E-state index is -4.84. The third kappa shape index (κ3) is 6.95. The highest BCUT2D eigenvalue weighted by atomic mass is 31.2. The average molecular weight is 536 g/mol. The quantitative estimate of drug-likeness (QED) is 0.266. The van der Waals surface area contributed by atoms with E-state index in [-0.39, 0.29) is 39.8 Å². The number of alkyl halides is 3. The molecule has 1 heterocycles. The van der Waals surface area contributed by atoms with Crippen LogP contribution in [0.15, 0.2) is 42.6 Å². The number of carbonyl (C=O) groups excluding carboxylic acids is 1. The van der Waals surface area contributed by atoms with Gasteiger partial charge in [-0.2, -0.15) is 23.4 Å². The number of hydrogen-bond acceptors (Lipinski definition) is 8. The third-order valence-corrected chi connectivity index (χ3v) is 5.65. The summed E-state index contributed by atoms with van der Waals surface area (Å²) in [5, 5.41) is 16.7. The van der Waals surface area contributed by atoms with Crippen LogP contribution in [0, 0.1) is 11.3 Å². The summed E-state index contributed by atoms with van der Waals surface area (Å²) in [6.07, 6.45) is -4.83. The van der Waals surface area contributed by atoms with E-state index in [0.29, 0.717) is 6.20 Å². The lowest BCUT2D eigenvalue weighted by Crippen LogP contribution is -2.20. The predicted octanol–water partition coefficient (Wildman–Crippen LogP) is 3.90. The lowest BCUT2D eigenvalue weighted by Gasteiger charge is -2.17. The number of hydrogen-bond donors (Lipinski definition) is 5. The van der Waals surface area contributed by atoms with Crippen molar-refractivity contribution >= 4 is 36.6 Å². The zero-order valence-electron chi connectivity index (χ0n) is 19.3. The van der Waals surface area contributed by atoms with E-state index in [2.05, 4.69) is 25.9 Å². The molecule has 2 aromatic carbocycles. The van der Waals surface area contributed by atoms with Crippen molar-refractivity contribution in [3.8, 4) is 11.8 Å². The number of methoxy groups -OCH3 is 1. The van der Waals surface area contributed by atoms with Gasteiger partial charge in [0.2, 0.25) is 5.95 Å². The first kappa shape index (κ1) is 27.4. The molecule has 0 atom stereocenters. The van der Waals surface area contributed by atoms with E-state index in [1.54, 1.807) is 0 Å². The van der Waals surface area contributed by atoms with Gasteiger partial charge in [-0.05, 0) is 35.9 Å². The fourth-order valence-electron chi connectivity index (χ4n) is 3.21. The maximum atomic E-state index is 13.7. The second-order valence-corrected chi connectivity index (χ2v) is 9.16. The van der Waals surface area contributed by atoms with Crippen molar-refractivity contribution in [2.24, 2.45) is 0 Å². The van der Waals surface area contributed by atoms with E-state index in [4.69, 9.17) is 10.00 Å². The number of nitrogens with one attached hydrogen (secondary N) is 3. The Morgan fingerprint density at radius 2 is 1.86 bits per heavy atom. The number of ether oxygens (including phenoxy) is 1. The number of anilines is 4. The summed E-state index contributed by atoms with van der Waals surface area (Å²) in [6, 6.07) is 9.85. The molecule has 1 aromatic heterocycles. The number of benzene rings is 2. The summed E-state index contributed by atoms with van der Waals surface area (Å²) in [5.74, 6) is -1.44. The van der Waals surface area contributed by atoms with Crippen LogP contribution < -0.4 is 20.7 Å². The van der Waals surface area contributed by atoms with Gasteiger partial charge in [-0.25, -0.2) is 4.98 Å². The maximum absolute atomic E-state index is 13.7. The fourth-order valence-corrected chi connectivity index (χ4v) is 3.89. The molecular formula is C22H20F3N6O5P. The van der Waals surface area contributed by atoms with Crippen LogP contribution in [0.5, 0.6) is 5.75 Å². The minimum absolute atomic E-state index is 0.0344. The van der Waals surface area contributed by atoms with Gasteiger partial charge in [0.1, 0.15) is 17.1 Å². The highest BCUT2D eigenvalue weighted by Gasteiger charge is 2.35. The molecule has 15 heteroatoms. The number of halogens is 3. The summed E-state index contributed by atoms with van der Waals surface area (Å²) < 4.78 is 57.6. The van der Waals surface area contributed by atoms with Gasteiger partial charge in [0.15, 0.2) is 0 Å². The van der Waals surface area contributed by atoms with E-state index in [1.807, 2.05) is 6.07 Å². The molecule has 3 rings (SSSR count). The SMILES string of the molecule is CNC(=O)c1cc(C#N)ccc1Nc1nc(Nc2ccc(CP(=O)(O)O)cc2OC)ncc1C(F)(F)F. The normalized spacial score (nSPS) is 11.4. The van der Waals surface area contributed by atoms with Gasteiger partial charge in [0.25, 0.3) is 5.91 Å². The molecule has 1 amide bonds. The van der Waals surface area contributed by atoms with E-state index in [0.717, 1.165) is 0 Å². The minimum Gasteiger partial charge on any atom is -0.495 e. The molecule has 0 saturated carbocycles. The van der Waals surface area contributed by atoms with Crippen molar-refractivity contribution < 1.29 is 37.1 Å². The van der Waals surface area contributed by atoms with Crippen molar-refractivity contribution in [1.82, 2.24) is 15.3 Å². The Morgan fingerprint density at radius 1 is 1.16 bits per heavy atom. The fraction of sp³-hybridized carbons (Fsp3) is 0.182. The van der Waals surface area contributed by atoms with Gasteiger partial charge in [-0.3, -0.25) is 9.36 Å².